The Kier molecular flexibility index (Phi) is 5.77. The summed E-state index contributed by atoms with van der Waals surface area (Å²) < 4.78 is 6.28. The lowest BCUT2D eigenvalue weighted by Gasteiger charge is -1.95. The van der Waals surface area contributed by atoms with E-state index in [4.69, 9.17) is 4.42 Å². The number of para-hydroxylation sites is 1. The monoisotopic (exact) mass is 440 g/mol. The van der Waals surface area contributed by atoms with Crippen LogP contribution in [0.5, 0.6) is 5.75 Å². The summed E-state index contributed by atoms with van der Waals surface area (Å²) in [7, 11) is 0. The lowest BCUT2D eigenvalue weighted by Crippen LogP contribution is -1.87. The number of nitrogens with zero attached hydrogens (tertiary/aromatic N) is 6. The fourth-order valence-electron chi connectivity index (χ4n) is 2.31. The van der Waals surface area contributed by atoms with Crippen LogP contribution < -0.4 is 0 Å². The predicted octanol–water partition coefficient (Wildman–Crippen LogP) is 4.24. The summed E-state index contributed by atoms with van der Waals surface area (Å²) in [6.45, 7) is 0. The van der Waals surface area contributed by atoms with Gasteiger partial charge in [0.1, 0.15) is 5.75 Å². The van der Waals surface area contributed by atoms with Crippen LogP contribution in [0.15, 0.2) is 62.3 Å². The highest BCUT2D eigenvalue weighted by atomic mass is 32.2. The average Bonchev–Trinajstić information content (AvgIpc) is 3.41. The molecule has 0 saturated heterocycles. The molecule has 12 heteroatoms. The lowest BCUT2D eigenvalue weighted by molar-refractivity contribution is -0.384. The number of benzene rings is 2. The van der Waals surface area contributed by atoms with Gasteiger partial charge in [-0.05, 0) is 24.3 Å². The van der Waals surface area contributed by atoms with E-state index >= 15 is 0 Å². The molecule has 0 atom stereocenters. The Bertz CT molecular complexity index is 1210. The molecule has 0 spiro atoms. The number of nitro groups is 1. The first-order chi connectivity index (χ1) is 14.6. The molecule has 4 rings (SSSR count). The van der Waals surface area contributed by atoms with Crippen LogP contribution in [-0.2, 0) is 5.75 Å². The van der Waals surface area contributed by atoms with Gasteiger partial charge in [-0.15, -0.1) is 20.4 Å². The van der Waals surface area contributed by atoms with Gasteiger partial charge in [-0.3, -0.25) is 10.1 Å². The van der Waals surface area contributed by atoms with Crippen LogP contribution in [0, 0.1) is 10.1 Å². The van der Waals surface area contributed by atoms with Gasteiger partial charge in [-0.25, -0.2) is 4.99 Å². The number of phenols is 1. The van der Waals surface area contributed by atoms with Crippen LogP contribution in [0.1, 0.15) is 11.5 Å². The number of hydrogen-bond acceptors (Lipinski definition) is 11. The van der Waals surface area contributed by atoms with Gasteiger partial charge in [0.25, 0.3) is 5.69 Å². The van der Waals surface area contributed by atoms with E-state index in [0.29, 0.717) is 32.2 Å². The minimum Gasteiger partial charge on any atom is -0.507 e. The van der Waals surface area contributed by atoms with Gasteiger partial charge in [-0.2, -0.15) is 0 Å². The highest BCUT2D eigenvalue weighted by molar-refractivity contribution is 8.00. The molecule has 2 heterocycles. The molecule has 0 radical (unpaired) electrons. The van der Waals surface area contributed by atoms with Gasteiger partial charge >= 0.3 is 0 Å². The Labute approximate surface area is 177 Å². The van der Waals surface area contributed by atoms with E-state index in [1.807, 2.05) is 0 Å². The Balaban J connectivity index is 1.37. The molecule has 0 aliphatic carbocycles. The van der Waals surface area contributed by atoms with E-state index in [0.717, 1.165) is 0 Å². The van der Waals surface area contributed by atoms with E-state index in [-0.39, 0.29) is 17.3 Å². The number of aliphatic imine (C=N–C) groups is 1. The van der Waals surface area contributed by atoms with Crippen LogP contribution in [-0.4, -0.2) is 36.6 Å². The number of thioether (sulfide) groups is 1. The molecular formula is C18H12N6O4S2. The first kappa shape index (κ1) is 19.7. The number of rotatable bonds is 7. The summed E-state index contributed by atoms with van der Waals surface area (Å²) in [5.41, 5.74) is 1.18. The zero-order valence-corrected chi connectivity index (χ0v) is 16.7. The number of hydrogen-bond donors (Lipinski definition) is 1. The normalized spacial score (nSPS) is 11.2. The molecule has 30 heavy (non-hydrogen) atoms. The van der Waals surface area contributed by atoms with Crippen molar-refractivity contribution in [3.05, 3.63) is 70.1 Å². The second kappa shape index (κ2) is 8.80. The maximum atomic E-state index is 10.7. The number of phenolic OH excluding ortho intramolecular Hbond substituents is 1. The van der Waals surface area contributed by atoms with Crippen LogP contribution in [0.2, 0.25) is 0 Å². The number of aromatic nitrogens is 4. The third-order valence-corrected chi connectivity index (χ3v) is 5.71. The fraction of sp³-hybridized carbons (Fsp3) is 0.0556. The molecule has 0 aliphatic heterocycles. The molecule has 10 nitrogen and oxygen atoms in total. The molecule has 2 aromatic heterocycles. The van der Waals surface area contributed by atoms with E-state index in [1.165, 1.54) is 41.4 Å². The van der Waals surface area contributed by atoms with Gasteiger partial charge in [0.05, 0.1) is 10.7 Å². The van der Waals surface area contributed by atoms with Crippen LogP contribution in [0.25, 0.3) is 11.5 Å². The maximum absolute atomic E-state index is 10.7. The molecule has 0 aliphatic rings. The van der Waals surface area contributed by atoms with Crippen LogP contribution >= 0.6 is 23.1 Å². The fourth-order valence-corrected chi connectivity index (χ4v) is 3.84. The minimum atomic E-state index is -0.470. The van der Waals surface area contributed by atoms with E-state index in [9.17, 15) is 15.2 Å². The summed E-state index contributed by atoms with van der Waals surface area (Å²) in [6.07, 6.45) is 1.53. The third kappa shape index (κ3) is 4.67. The topological polar surface area (TPSA) is 140 Å². The summed E-state index contributed by atoms with van der Waals surface area (Å²) in [5, 5.41) is 36.9. The number of aromatic hydroxyl groups is 1. The van der Waals surface area contributed by atoms with Crippen molar-refractivity contribution in [2.45, 2.75) is 10.1 Å². The highest BCUT2D eigenvalue weighted by Gasteiger charge is 2.12. The molecule has 0 unspecified atom stereocenters. The molecule has 0 bridgehead atoms. The minimum absolute atomic E-state index is 0.00810. The molecule has 2 aromatic carbocycles. The second-order valence-electron chi connectivity index (χ2n) is 5.76. The zero-order valence-electron chi connectivity index (χ0n) is 15.1. The Morgan fingerprint density at radius 2 is 1.93 bits per heavy atom. The first-order valence-corrected chi connectivity index (χ1v) is 10.2. The molecule has 4 aromatic rings. The molecule has 0 fully saturated rings. The van der Waals surface area contributed by atoms with Gasteiger partial charge in [0.15, 0.2) is 4.34 Å². The van der Waals surface area contributed by atoms with E-state index in [1.54, 1.807) is 36.4 Å². The Morgan fingerprint density at radius 1 is 1.13 bits per heavy atom. The van der Waals surface area contributed by atoms with Crippen molar-refractivity contribution in [2.24, 2.45) is 4.99 Å². The molecule has 1 N–H and O–H groups in total. The van der Waals surface area contributed by atoms with Crippen molar-refractivity contribution in [1.82, 2.24) is 20.4 Å². The average molecular weight is 440 g/mol. The largest absolute Gasteiger partial charge is 0.507 e. The zero-order chi connectivity index (χ0) is 20.9. The molecule has 150 valence electrons. The molecular weight excluding hydrogens is 428 g/mol. The Morgan fingerprint density at radius 3 is 2.70 bits per heavy atom. The highest BCUT2D eigenvalue weighted by Crippen LogP contribution is 2.30. The smallest absolute Gasteiger partial charge is 0.269 e. The van der Waals surface area contributed by atoms with Crippen molar-refractivity contribution >= 4 is 40.1 Å². The van der Waals surface area contributed by atoms with Crippen molar-refractivity contribution < 1.29 is 14.4 Å². The maximum Gasteiger partial charge on any atom is 0.269 e. The SMILES string of the molecule is O=[N+]([O-])c1ccc(-c2nnc(CSc3nnc(N=Cc4ccccc4O)s3)o2)cc1. The molecule has 0 saturated carbocycles. The predicted molar refractivity (Wildman–Crippen MR) is 111 cm³/mol. The van der Waals surface area contributed by atoms with Gasteiger partial charge in [0.2, 0.25) is 16.9 Å². The van der Waals surface area contributed by atoms with Gasteiger partial charge in [0, 0.05) is 29.5 Å². The van der Waals surface area contributed by atoms with Gasteiger partial charge < -0.3 is 9.52 Å². The summed E-state index contributed by atoms with van der Waals surface area (Å²) in [6, 6.07) is 12.7. The third-order valence-electron chi connectivity index (χ3n) is 3.76. The molecule has 0 amide bonds. The summed E-state index contributed by atoms with van der Waals surface area (Å²) in [4.78, 5) is 14.5. The van der Waals surface area contributed by atoms with Crippen molar-refractivity contribution in [1.29, 1.82) is 0 Å². The Hall–Kier alpha value is -3.64. The summed E-state index contributed by atoms with van der Waals surface area (Å²) in [5.74, 6) is 1.20. The van der Waals surface area contributed by atoms with Gasteiger partial charge in [-0.1, -0.05) is 35.2 Å². The quantitative estimate of drug-likeness (QED) is 0.193. The van der Waals surface area contributed by atoms with Crippen molar-refractivity contribution in [2.75, 3.05) is 0 Å². The van der Waals surface area contributed by atoms with Crippen molar-refractivity contribution in [3.63, 3.8) is 0 Å². The van der Waals surface area contributed by atoms with Crippen molar-refractivity contribution in [3.8, 4) is 17.2 Å². The first-order valence-electron chi connectivity index (χ1n) is 8.44. The standard InChI is InChI=1S/C18H12N6O4S2/c25-14-4-2-1-3-12(14)9-19-17-22-23-18(30-17)29-10-15-20-21-16(28-15)11-5-7-13(8-6-11)24(26)27/h1-9,25H,10H2. The second-order valence-corrected chi connectivity index (χ2v) is 7.94. The van der Waals surface area contributed by atoms with Crippen LogP contribution in [0.4, 0.5) is 10.8 Å². The lowest BCUT2D eigenvalue weighted by atomic mass is 10.2. The number of non-ortho nitro benzene ring substituents is 1. The van der Waals surface area contributed by atoms with E-state index < -0.39 is 4.92 Å². The van der Waals surface area contributed by atoms with E-state index in [2.05, 4.69) is 25.4 Å². The summed E-state index contributed by atoms with van der Waals surface area (Å²) >= 11 is 2.66. The number of nitro benzene ring substituents is 1. The van der Waals surface area contributed by atoms with Crippen LogP contribution in [0.3, 0.4) is 0 Å².